The Hall–Kier alpha value is -2.41. The molecule has 1 saturated heterocycles. The van der Waals surface area contributed by atoms with Gasteiger partial charge in [0.1, 0.15) is 17.3 Å². The highest BCUT2D eigenvalue weighted by Gasteiger charge is 2.31. The van der Waals surface area contributed by atoms with Crippen LogP contribution in [0, 0.1) is 0 Å². The lowest BCUT2D eigenvalue weighted by Crippen LogP contribution is -2.31. The molecule has 1 aliphatic heterocycles. The highest BCUT2D eigenvalue weighted by molar-refractivity contribution is 7.19. The SMILES string of the molecule is COc1cc(OC)c([C@H]2CC(=O)C[C@@H](CO)O2)cc1Cc1cc2ccccc2s1. The number of hydrogen-bond acceptors (Lipinski definition) is 6. The summed E-state index contributed by atoms with van der Waals surface area (Å²) in [6, 6.07) is 14.4. The molecule has 1 aliphatic rings. The molecule has 0 amide bonds. The summed E-state index contributed by atoms with van der Waals surface area (Å²) in [6.07, 6.45) is 0.333. The van der Waals surface area contributed by atoms with E-state index >= 15 is 0 Å². The smallest absolute Gasteiger partial charge is 0.138 e. The Morgan fingerprint density at radius 1 is 1.10 bits per heavy atom. The van der Waals surface area contributed by atoms with Crippen LogP contribution in [0.3, 0.4) is 0 Å². The number of aliphatic hydroxyl groups is 1. The second kappa shape index (κ2) is 8.53. The van der Waals surface area contributed by atoms with Gasteiger partial charge < -0.3 is 19.3 Å². The third-order valence-electron chi connectivity index (χ3n) is 5.25. The molecule has 29 heavy (non-hydrogen) atoms. The van der Waals surface area contributed by atoms with Crippen LogP contribution in [0.25, 0.3) is 10.1 Å². The number of thiophene rings is 1. The Balaban J connectivity index is 1.71. The van der Waals surface area contributed by atoms with Gasteiger partial charge in [0.25, 0.3) is 0 Å². The molecule has 0 radical (unpaired) electrons. The molecule has 0 bridgehead atoms. The maximum absolute atomic E-state index is 12.2. The number of Topliss-reactive ketones (excluding diaryl/α,β-unsaturated/α-hetero) is 1. The van der Waals surface area contributed by atoms with Gasteiger partial charge in [-0.15, -0.1) is 11.3 Å². The zero-order valence-corrected chi connectivity index (χ0v) is 17.3. The number of aliphatic hydroxyl groups excluding tert-OH is 1. The van der Waals surface area contributed by atoms with E-state index < -0.39 is 12.2 Å². The Bertz CT molecular complexity index is 992. The van der Waals surface area contributed by atoms with Gasteiger partial charge in [0.05, 0.1) is 33.0 Å². The van der Waals surface area contributed by atoms with Crippen molar-refractivity contribution in [3.05, 3.63) is 58.5 Å². The Labute approximate surface area is 173 Å². The van der Waals surface area contributed by atoms with E-state index in [1.807, 2.05) is 24.3 Å². The molecule has 2 aromatic carbocycles. The molecule has 2 heterocycles. The maximum Gasteiger partial charge on any atom is 0.138 e. The maximum atomic E-state index is 12.2. The largest absolute Gasteiger partial charge is 0.496 e. The van der Waals surface area contributed by atoms with Crippen LogP contribution in [-0.4, -0.2) is 37.8 Å². The van der Waals surface area contributed by atoms with E-state index in [1.54, 1.807) is 25.6 Å². The van der Waals surface area contributed by atoms with E-state index in [0.29, 0.717) is 12.2 Å². The van der Waals surface area contributed by atoms with Crippen molar-refractivity contribution in [2.75, 3.05) is 20.8 Å². The van der Waals surface area contributed by atoms with Crippen LogP contribution in [0.5, 0.6) is 11.5 Å². The molecule has 152 valence electrons. The number of rotatable bonds is 6. The van der Waals surface area contributed by atoms with Crippen LogP contribution in [0.2, 0.25) is 0 Å². The fourth-order valence-electron chi connectivity index (χ4n) is 3.86. The van der Waals surface area contributed by atoms with Crippen molar-refractivity contribution in [2.24, 2.45) is 0 Å². The minimum absolute atomic E-state index is 0.0872. The minimum atomic E-state index is -0.473. The minimum Gasteiger partial charge on any atom is -0.496 e. The first-order chi connectivity index (χ1) is 14.1. The predicted octanol–water partition coefficient (Wildman–Crippen LogP) is 4.29. The second-order valence-corrected chi connectivity index (χ2v) is 8.38. The molecule has 4 rings (SSSR count). The molecule has 0 aliphatic carbocycles. The van der Waals surface area contributed by atoms with Gasteiger partial charge >= 0.3 is 0 Å². The number of fused-ring (bicyclic) bond motifs is 1. The summed E-state index contributed by atoms with van der Waals surface area (Å²) in [5.41, 5.74) is 1.83. The summed E-state index contributed by atoms with van der Waals surface area (Å²) in [4.78, 5) is 13.4. The average molecular weight is 413 g/mol. The Morgan fingerprint density at radius 2 is 1.90 bits per heavy atom. The van der Waals surface area contributed by atoms with Crippen molar-refractivity contribution in [3.8, 4) is 11.5 Å². The first-order valence-corrected chi connectivity index (χ1v) is 10.4. The summed E-state index contributed by atoms with van der Waals surface area (Å²) < 4.78 is 18.4. The van der Waals surface area contributed by atoms with E-state index in [-0.39, 0.29) is 25.2 Å². The van der Waals surface area contributed by atoms with Gasteiger partial charge in [-0.1, -0.05) is 18.2 Å². The highest BCUT2D eigenvalue weighted by Crippen LogP contribution is 2.40. The fraction of sp³-hybridized carbons (Fsp3) is 0.348. The number of carbonyl (C=O) groups excluding carboxylic acids is 1. The molecule has 1 aromatic heterocycles. The summed E-state index contributed by atoms with van der Waals surface area (Å²) >= 11 is 1.76. The van der Waals surface area contributed by atoms with Crippen molar-refractivity contribution >= 4 is 27.2 Å². The number of ether oxygens (including phenoxy) is 3. The first kappa shape index (κ1) is 19.9. The van der Waals surface area contributed by atoms with Gasteiger partial charge in [0.15, 0.2) is 0 Å². The molecule has 1 fully saturated rings. The summed E-state index contributed by atoms with van der Waals surface area (Å²) in [5, 5.41) is 10.7. The molecule has 3 aromatic rings. The molecule has 0 spiro atoms. The van der Waals surface area contributed by atoms with Gasteiger partial charge in [-0.25, -0.2) is 0 Å². The number of ketones is 1. The summed E-state index contributed by atoms with van der Waals surface area (Å²) in [7, 11) is 3.24. The molecule has 1 N–H and O–H groups in total. The zero-order valence-electron chi connectivity index (χ0n) is 16.5. The first-order valence-electron chi connectivity index (χ1n) is 9.61. The predicted molar refractivity (Wildman–Crippen MR) is 113 cm³/mol. The third kappa shape index (κ3) is 4.15. The van der Waals surface area contributed by atoms with Crippen LogP contribution in [0.1, 0.15) is 34.9 Å². The zero-order chi connectivity index (χ0) is 20.4. The highest BCUT2D eigenvalue weighted by atomic mass is 32.1. The van der Waals surface area contributed by atoms with Crippen LogP contribution in [-0.2, 0) is 16.0 Å². The van der Waals surface area contributed by atoms with E-state index in [4.69, 9.17) is 14.2 Å². The Morgan fingerprint density at radius 3 is 2.62 bits per heavy atom. The molecule has 5 nitrogen and oxygen atoms in total. The molecular weight excluding hydrogens is 388 g/mol. The van der Waals surface area contributed by atoms with Crippen LogP contribution in [0.4, 0.5) is 0 Å². The number of methoxy groups -OCH3 is 2. The van der Waals surface area contributed by atoms with E-state index in [9.17, 15) is 9.90 Å². The van der Waals surface area contributed by atoms with Gasteiger partial charge in [0.2, 0.25) is 0 Å². The lowest BCUT2D eigenvalue weighted by molar-refractivity contribution is -0.139. The van der Waals surface area contributed by atoms with Crippen molar-refractivity contribution in [2.45, 2.75) is 31.5 Å². The van der Waals surface area contributed by atoms with Crippen LogP contribution >= 0.6 is 11.3 Å². The van der Waals surface area contributed by atoms with E-state index in [0.717, 1.165) is 16.9 Å². The lowest BCUT2D eigenvalue weighted by Gasteiger charge is -2.30. The van der Waals surface area contributed by atoms with Crippen molar-refractivity contribution in [1.29, 1.82) is 0 Å². The molecule has 0 unspecified atom stereocenters. The molecule has 0 saturated carbocycles. The van der Waals surface area contributed by atoms with Gasteiger partial charge in [-0.2, -0.15) is 0 Å². The van der Waals surface area contributed by atoms with E-state index in [1.165, 1.54) is 15.0 Å². The summed E-state index contributed by atoms with van der Waals surface area (Å²) in [6.45, 7) is -0.171. The number of hydrogen-bond donors (Lipinski definition) is 1. The average Bonchev–Trinajstić information content (AvgIpc) is 3.15. The standard InChI is InChI=1S/C23H24O5S/c1-26-20-12-21(27-2)19(22-11-16(25)10-17(13-24)28-22)9-15(20)8-18-7-14-5-3-4-6-23(14)29-18/h3-7,9,12,17,22,24H,8,10-11,13H2,1-2H3/t17-,22+/m0/s1. The number of carbonyl (C=O) groups is 1. The normalized spacial score (nSPS) is 19.5. The third-order valence-corrected chi connectivity index (χ3v) is 6.37. The van der Waals surface area contributed by atoms with Gasteiger partial charge in [0, 0.05) is 40.5 Å². The molecular formula is C23H24O5S. The van der Waals surface area contributed by atoms with Gasteiger partial charge in [-0.05, 0) is 29.1 Å². The number of benzene rings is 2. The molecule has 6 heteroatoms. The quantitative estimate of drug-likeness (QED) is 0.654. The van der Waals surface area contributed by atoms with Crippen molar-refractivity contribution < 1.29 is 24.1 Å². The second-order valence-electron chi connectivity index (χ2n) is 7.21. The summed E-state index contributed by atoms with van der Waals surface area (Å²) in [5.74, 6) is 1.45. The van der Waals surface area contributed by atoms with Crippen LogP contribution in [0.15, 0.2) is 42.5 Å². The van der Waals surface area contributed by atoms with Crippen molar-refractivity contribution in [3.63, 3.8) is 0 Å². The fourth-order valence-corrected chi connectivity index (χ4v) is 4.94. The molecule has 2 atom stereocenters. The topological polar surface area (TPSA) is 65.0 Å². The lowest BCUT2D eigenvalue weighted by atomic mass is 9.94. The Kier molecular flexibility index (Phi) is 5.85. The van der Waals surface area contributed by atoms with Gasteiger partial charge in [-0.3, -0.25) is 4.79 Å². The monoisotopic (exact) mass is 412 g/mol. The van der Waals surface area contributed by atoms with E-state index in [2.05, 4.69) is 18.2 Å². The van der Waals surface area contributed by atoms with Crippen molar-refractivity contribution in [1.82, 2.24) is 0 Å². The van der Waals surface area contributed by atoms with Crippen LogP contribution < -0.4 is 9.47 Å².